The van der Waals surface area contributed by atoms with E-state index in [-0.39, 0.29) is 11.9 Å². The van der Waals surface area contributed by atoms with Crippen LogP contribution in [-0.4, -0.2) is 41.7 Å². The molecule has 116 valence electrons. The lowest BCUT2D eigenvalue weighted by molar-refractivity contribution is 0.0268. The number of carbonyl (C=O) groups excluding carboxylic acids is 1. The molecule has 4 nitrogen and oxygen atoms in total. The number of nitrogens with zero attached hydrogens (tertiary/aromatic N) is 1. The summed E-state index contributed by atoms with van der Waals surface area (Å²) in [6.07, 6.45) is 3.37. The molecule has 1 aliphatic rings. The average molecular weight is 291 g/mol. The van der Waals surface area contributed by atoms with Crippen LogP contribution in [0.25, 0.3) is 0 Å². The Morgan fingerprint density at radius 1 is 1.38 bits per heavy atom. The van der Waals surface area contributed by atoms with E-state index in [1.54, 1.807) is 18.0 Å². The highest BCUT2D eigenvalue weighted by Gasteiger charge is 2.29. The van der Waals surface area contributed by atoms with Crippen molar-refractivity contribution < 1.29 is 14.6 Å². The fourth-order valence-corrected chi connectivity index (χ4v) is 3.00. The van der Waals surface area contributed by atoms with E-state index >= 15 is 0 Å². The molecule has 2 atom stereocenters. The number of rotatable bonds is 4. The van der Waals surface area contributed by atoms with Crippen LogP contribution in [0.4, 0.5) is 0 Å². The first-order chi connectivity index (χ1) is 10.0. The summed E-state index contributed by atoms with van der Waals surface area (Å²) in [6.45, 7) is 4.50. The van der Waals surface area contributed by atoms with Crippen LogP contribution in [0.15, 0.2) is 18.2 Å². The Morgan fingerprint density at radius 3 is 2.71 bits per heavy atom. The Hall–Kier alpha value is -1.55. The summed E-state index contributed by atoms with van der Waals surface area (Å²) >= 11 is 0. The molecule has 2 rings (SSSR count). The highest BCUT2D eigenvalue weighted by Crippen LogP contribution is 2.25. The Morgan fingerprint density at radius 2 is 2.10 bits per heavy atom. The van der Waals surface area contributed by atoms with Crippen LogP contribution in [0.3, 0.4) is 0 Å². The predicted molar refractivity (Wildman–Crippen MR) is 82.7 cm³/mol. The van der Waals surface area contributed by atoms with Gasteiger partial charge in [0.05, 0.1) is 18.8 Å². The van der Waals surface area contributed by atoms with Gasteiger partial charge in [-0.2, -0.15) is 0 Å². The van der Waals surface area contributed by atoms with Crippen molar-refractivity contribution in [3.8, 4) is 5.75 Å². The van der Waals surface area contributed by atoms with E-state index in [0.29, 0.717) is 12.2 Å². The summed E-state index contributed by atoms with van der Waals surface area (Å²) in [5.41, 5.74) is 1.61. The molecule has 0 aromatic heterocycles. The number of aliphatic hydroxyl groups is 1. The van der Waals surface area contributed by atoms with Crippen LogP contribution >= 0.6 is 0 Å². The van der Waals surface area contributed by atoms with E-state index in [2.05, 4.69) is 0 Å². The van der Waals surface area contributed by atoms with E-state index in [1.807, 2.05) is 26.0 Å². The van der Waals surface area contributed by atoms with Crippen LogP contribution in [0.5, 0.6) is 5.75 Å². The molecule has 0 unspecified atom stereocenters. The summed E-state index contributed by atoms with van der Waals surface area (Å²) in [6, 6.07) is 5.43. The van der Waals surface area contributed by atoms with Gasteiger partial charge in [-0.15, -0.1) is 0 Å². The Bertz CT molecular complexity index is 501. The second-order valence-electron chi connectivity index (χ2n) is 5.75. The quantitative estimate of drug-likeness (QED) is 0.928. The van der Waals surface area contributed by atoms with Crippen LogP contribution in [0.2, 0.25) is 0 Å². The van der Waals surface area contributed by atoms with E-state index in [4.69, 9.17) is 4.74 Å². The Balaban J connectivity index is 2.13. The molecule has 0 bridgehead atoms. The lowest BCUT2D eigenvalue weighted by Gasteiger charge is -2.35. The largest absolute Gasteiger partial charge is 0.494 e. The highest BCUT2D eigenvalue weighted by molar-refractivity contribution is 5.94. The van der Waals surface area contributed by atoms with Gasteiger partial charge in [0, 0.05) is 12.6 Å². The third kappa shape index (κ3) is 3.56. The minimum absolute atomic E-state index is 0.0351. The van der Waals surface area contributed by atoms with Crippen molar-refractivity contribution in [3.63, 3.8) is 0 Å². The Labute approximate surface area is 126 Å². The van der Waals surface area contributed by atoms with E-state index in [1.165, 1.54) is 0 Å². The molecule has 1 saturated carbocycles. The number of aliphatic hydroxyl groups excluding tert-OH is 1. The minimum atomic E-state index is -0.406. The molecule has 1 amide bonds. The van der Waals surface area contributed by atoms with Gasteiger partial charge in [-0.1, -0.05) is 12.8 Å². The molecule has 4 heteroatoms. The number of amides is 1. The molecular weight excluding hydrogens is 266 g/mol. The van der Waals surface area contributed by atoms with E-state index < -0.39 is 6.10 Å². The van der Waals surface area contributed by atoms with Crippen LogP contribution in [0.1, 0.15) is 48.5 Å². The Kier molecular flexibility index (Phi) is 5.23. The monoisotopic (exact) mass is 291 g/mol. The zero-order valence-electron chi connectivity index (χ0n) is 13.1. The zero-order valence-corrected chi connectivity index (χ0v) is 13.1. The normalized spacial score (nSPS) is 21.9. The summed E-state index contributed by atoms with van der Waals surface area (Å²) in [5.74, 6) is 0.779. The lowest BCUT2D eigenvalue weighted by Crippen LogP contribution is -2.46. The molecule has 21 heavy (non-hydrogen) atoms. The van der Waals surface area contributed by atoms with Crippen LogP contribution < -0.4 is 4.74 Å². The van der Waals surface area contributed by atoms with Gasteiger partial charge in [0.25, 0.3) is 5.91 Å². The average Bonchev–Trinajstić information content (AvgIpc) is 2.48. The summed E-state index contributed by atoms with van der Waals surface area (Å²) in [4.78, 5) is 14.3. The van der Waals surface area contributed by atoms with Crippen molar-refractivity contribution in [3.05, 3.63) is 29.3 Å². The van der Waals surface area contributed by atoms with Gasteiger partial charge in [-0.05, 0) is 50.5 Å². The highest BCUT2D eigenvalue weighted by atomic mass is 16.5. The van der Waals surface area contributed by atoms with Gasteiger partial charge in [-0.25, -0.2) is 0 Å². The molecule has 0 radical (unpaired) electrons. The van der Waals surface area contributed by atoms with Gasteiger partial charge in [0.1, 0.15) is 5.75 Å². The number of likely N-dealkylation sites (N-methyl/N-ethyl adjacent to an activating group) is 1. The molecule has 1 aromatic carbocycles. The molecule has 1 N–H and O–H groups in total. The zero-order chi connectivity index (χ0) is 15.4. The number of hydrogen-bond donors (Lipinski definition) is 1. The summed E-state index contributed by atoms with van der Waals surface area (Å²) in [5, 5.41) is 10.1. The first kappa shape index (κ1) is 15.8. The maximum absolute atomic E-state index is 12.6. The van der Waals surface area contributed by atoms with Crippen molar-refractivity contribution >= 4 is 5.91 Å². The van der Waals surface area contributed by atoms with Gasteiger partial charge >= 0.3 is 0 Å². The molecule has 1 aromatic rings. The predicted octanol–water partition coefficient (Wildman–Crippen LogP) is 2.77. The molecule has 0 saturated heterocycles. The molecule has 0 aliphatic heterocycles. The summed E-state index contributed by atoms with van der Waals surface area (Å²) in [7, 11) is 1.79. The molecule has 1 fully saturated rings. The number of aryl methyl sites for hydroxylation is 1. The third-order valence-electron chi connectivity index (χ3n) is 4.23. The molecule has 1 aliphatic carbocycles. The first-order valence-electron chi connectivity index (χ1n) is 7.73. The minimum Gasteiger partial charge on any atom is -0.494 e. The van der Waals surface area contributed by atoms with E-state index in [0.717, 1.165) is 37.0 Å². The van der Waals surface area contributed by atoms with Crippen molar-refractivity contribution in [2.45, 2.75) is 51.7 Å². The van der Waals surface area contributed by atoms with Crippen molar-refractivity contribution in [2.75, 3.05) is 13.7 Å². The lowest BCUT2D eigenvalue weighted by atomic mass is 9.91. The maximum atomic E-state index is 12.6. The van der Waals surface area contributed by atoms with E-state index in [9.17, 15) is 9.90 Å². The number of carbonyl (C=O) groups is 1. The number of hydrogen-bond acceptors (Lipinski definition) is 3. The smallest absolute Gasteiger partial charge is 0.253 e. The third-order valence-corrected chi connectivity index (χ3v) is 4.23. The number of ether oxygens (including phenoxy) is 1. The first-order valence-corrected chi connectivity index (χ1v) is 7.73. The van der Waals surface area contributed by atoms with Gasteiger partial charge in [0.15, 0.2) is 0 Å². The second-order valence-corrected chi connectivity index (χ2v) is 5.75. The maximum Gasteiger partial charge on any atom is 0.253 e. The number of benzene rings is 1. The fourth-order valence-electron chi connectivity index (χ4n) is 3.00. The van der Waals surface area contributed by atoms with Crippen molar-refractivity contribution in [2.24, 2.45) is 0 Å². The SMILES string of the molecule is CCOc1ccc(C(=O)N(C)[C@@H]2CCCC[C@H]2O)cc1C. The van der Waals surface area contributed by atoms with Gasteiger partial charge in [0.2, 0.25) is 0 Å². The van der Waals surface area contributed by atoms with Crippen molar-refractivity contribution in [1.82, 2.24) is 4.90 Å². The second kappa shape index (κ2) is 6.94. The standard InChI is InChI=1S/C17H25NO3/c1-4-21-16-10-9-13(11-12(16)2)17(20)18(3)14-7-5-6-8-15(14)19/h9-11,14-15,19H,4-8H2,1-3H3/t14-,15-/m1/s1. The van der Waals surface area contributed by atoms with Crippen molar-refractivity contribution in [1.29, 1.82) is 0 Å². The van der Waals surface area contributed by atoms with Gasteiger partial charge in [-0.3, -0.25) is 4.79 Å². The van der Waals surface area contributed by atoms with Crippen LogP contribution in [0, 0.1) is 6.92 Å². The molecule has 0 heterocycles. The van der Waals surface area contributed by atoms with Crippen LogP contribution in [-0.2, 0) is 0 Å². The topological polar surface area (TPSA) is 49.8 Å². The molecule has 0 spiro atoms. The summed E-state index contributed by atoms with van der Waals surface area (Å²) < 4.78 is 5.50. The van der Waals surface area contributed by atoms with Gasteiger partial charge < -0.3 is 14.7 Å². The molecular formula is C17H25NO3. The fraction of sp³-hybridized carbons (Fsp3) is 0.588.